The van der Waals surface area contributed by atoms with Gasteiger partial charge in [-0.1, -0.05) is 0 Å². The van der Waals surface area contributed by atoms with Crippen LogP contribution in [-0.2, 0) is 4.79 Å². The summed E-state index contributed by atoms with van der Waals surface area (Å²) in [5.74, 6) is 3.48. The molecule has 2 atom stereocenters. The summed E-state index contributed by atoms with van der Waals surface area (Å²) in [5.41, 5.74) is 0.855. The van der Waals surface area contributed by atoms with Crippen molar-refractivity contribution in [2.45, 2.75) is 11.3 Å². The fraction of sp³-hybridized carbons (Fsp3) is 0.778. The van der Waals surface area contributed by atoms with Gasteiger partial charge in [-0.05, 0) is 0 Å². The molecular weight excluding hydrogens is 216 g/mol. The third-order valence-electron chi connectivity index (χ3n) is 2.94. The van der Waals surface area contributed by atoms with Crippen molar-refractivity contribution in [3.8, 4) is 0 Å². The molecule has 14 heavy (non-hydrogen) atoms. The van der Waals surface area contributed by atoms with E-state index in [9.17, 15) is 4.79 Å². The maximum atomic E-state index is 11.9. The van der Waals surface area contributed by atoms with Crippen LogP contribution in [0.1, 0.15) is 0 Å². The molecule has 3 rings (SSSR count). The quantitative estimate of drug-likeness (QED) is 0.605. The standard InChI is InChI=1S/C9H12N2OS2/c12-9-7-8(14-3-1-10-7)6-5-13-4-2-11(6)9/h6,8H,1-5H2/t6-,8+/m1/s1. The topological polar surface area (TPSA) is 32.7 Å². The lowest BCUT2D eigenvalue weighted by molar-refractivity contribution is -0.123. The lowest BCUT2D eigenvalue weighted by Crippen LogP contribution is -2.42. The molecular formula is C9H12N2OS2. The van der Waals surface area contributed by atoms with E-state index >= 15 is 0 Å². The number of nitrogens with zero attached hydrogens (tertiary/aromatic N) is 2. The molecule has 5 heteroatoms. The van der Waals surface area contributed by atoms with Crippen LogP contribution >= 0.6 is 23.5 Å². The van der Waals surface area contributed by atoms with Crippen molar-refractivity contribution in [2.75, 3.05) is 30.3 Å². The van der Waals surface area contributed by atoms with Crippen molar-refractivity contribution in [2.24, 2.45) is 4.99 Å². The Balaban J connectivity index is 1.95. The molecule has 1 amide bonds. The maximum Gasteiger partial charge on any atom is 0.269 e. The molecule has 76 valence electrons. The van der Waals surface area contributed by atoms with Crippen LogP contribution in [0.5, 0.6) is 0 Å². The maximum absolute atomic E-state index is 11.9. The first-order valence-corrected chi connectivity index (χ1v) is 7.13. The fourth-order valence-corrected chi connectivity index (χ4v) is 4.75. The zero-order valence-corrected chi connectivity index (χ0v) is 9.44. The van der Waals surface area contributed by atoms with E-state index in [1.54, 1.807) is 0 Å². The van der Waals surface area contributed by atoms with Crippen molar-refractivity contribution < 1.29 is 4.79 Å². The van der Waals surface area contributed by atoms with Gasteiger partial charge in [0.25, 0.3) is 5.91 Å². The van der Waals surface area contributed by atoms with Crippen LogP contribution in [0.15, 0.2) is 4.99 Å². The zero-order chi connectivity index (χ0) is 9.54. The second-order valence-corrected chi connectivity index (χ2v) is 6.10. The Hall–Kier alpha value is -0.160. The SMILES string of the molecule is O=C1C2=NCCS[C@H]2[C@H]2CSCCN12. The largest absolute Gasteiger partial charge is 0.331 e. The number of aliphatic imine (C=N–C) groups is 1. The van der Waals surface area contributed by atoms with Crippen LogP contribution in [0, 0.1) is 0 Å². The van der Waals surface area contributed by atoms with Crippen LogP contribution in [-0.4, -0.2) is 58.2 Å². The van der Waals surface area contributed by atoms with Gasteiger partial charge in [-0.3, -0.25) is 9.79 Å². The first-order valence-electron chi connectivity index (χ1n) is 4.92. The summed E-state index contributed by atoms with van der Waals surface area (Å²) in [6, 6.07) is 0.435. The number of amides is 1. The molecule has 0 spiro atoms. The molecule has 2 fully saturated rings. The predicted molar refractivity (Wildman–Crippen MR) is 61.4 cm³/mol. The highest BCUT2D eigenvalue weighted by Crippen LogP contribution is 2.34. The highest BCUT2D eigenvalue weighted by Gasteiger charge is 2.47. The highest BCUT2D eigenvalue weighted by atomic mass is 32.2. The van der Waals surface area contributed by atoms with Gasteiger partial charge in [-0.25, -0.2) is 0 Å². The number of carbonyl (C=O) groups excluding carboxylic acids is 1. The van der Waals surface area contributed by atoms with Crippen LogP contribution in [0.25, 0.3) is 0 Å². The Morgan fingerprint density at radius 3 is 3.29 bits per heavy atom. The van der Waals surface area contributed by atoms with Gasteiger partial charge in [0.15, 0.2) is 0 Å². The third-order valence-corrected chi connectivity index (χ3v) is 5.30. The normalized spacial score (nSPS) is 36.4. The first kappa shape index (κ1) is 9.09. The van der Waals surface area contributed by atoms with E-state index in [0.29, 0.717) is 11.3 Å². The Morgan fingerprint density at radius 2 is 2.36 bits per heavy atom. The summed E-state index contributed by atoms with van der Waals surface area (Å²) in [6.45, 7) is 1.75. The molecule has 3 nitrogen and oxygen atoms in total. The van der Waals surface area contributed by atoms with Gasteiger partial charge in [0.2, 0.25) is 0 Å². The second-order valence-electron chi connectivity index (χ2n) is 3.70. The second kappa shape index (κ2) is 3.45. The Labute approximate surface area is 91.7 Å². The summed E-state index contributed by atoms with van der Waals surface area (Å²) in [4.78, 5) is 18.4. The van der Waals surface area contributed by atoms with E-state index in [1.165, 1.54) is 0 Å². The molecule has 3 aliphatic rings. The van der Waals surface area contributed by atoms with Crippen LogP contribution < -0.4 is 0 Å². The van der Waals surface area contributed by atoms with Crippen LogP contribution in [0.3, 0.4) is 0 Å². The van der Waals surface area contributed by atoms with Crippen LogP contribution in [0.2, 0.25) is 0 Å². The van der Waals surface area contributed by atoms with E-state index in [2.05, 4.69) is 4.99 Å². The van der Waals surface area contributed by atoms with E-state index < -0.39 is 0 Å². The first-order chi connectivity index (χ1) is 6.88. The third kappa shape index (κ3) is 1.21. The molecule has 0 saturated carbocycles. The summed E-state index contributed by atoms with van der Waals surface area (Å²) in [5, 5.41) is 0.379. The van der Waals surface area contributed by atoms with Crippen molar-refractivity contribution >= 4 is 35.1 Å². The summed E-state index contributed by atoms with van der Waals surface area (Å²) >= 11 is 3.88. The van der Waals surface area contributed by atoms with E-state index in [-0.39, 0.29) is 5.91 Å². The highest BCUT2D eigenvalue weighted by molar-refractivity contribution is 8.01. The van der Waals surface area contributed by atoms with E-state index in [1.807, 2.05) is 28.4 Å². The van der Waals surface area contributed by atoms with E-state index in [0.717, 1.165) is 36.1 Å². The Bertz CT molecular complexity index is 305. The van der Waals surface area contributed by atoms with Gasteiger partial charge >= 0.3 is 0 Å². The summed E-state index contributed by atoms with van der Waals surface area (Å²) < 4.78 is 0. The Morgan fingerprint density at radius 1 is 1.43 bits per heavy atom. The van der Waals surface area contributed by atoms with Crippen molar-refractivity contribution in [3.05, 3.63) is 0 Å². The molecule has 0 N–H and O–H groups in total. The Kier molecular flexibility index (Phi) is 2.24. The molecule has 0 aliphatic carbocycles. The minimum atomic E-state index is 0.215. The van der Waals surface area contributed by atoms with Crippen molar-refractivity contribution in [3.63, 3.8) is 0 Å². The molecule has 0 unspecified atom stereocenters. The molecule has 3 heterocycles. The average molecular weight is 228 g/mol. The zero-order valence-electron chi connectivity index (χ0n) is 7.81. The molecule has 2 saturated heterocycles. The molecule has 0 aromatic rings. The summed E-state index contributed by atoms with van der Waals surface area (Å²) in [7, 11) is 0. The number of rotatable bonds is 0. The van der Waals surface area contributed by atoms with E-state index in [4.69, 9.17) is 0 Å². The van der Waals surface area contributed by atoms with Gasteiger partial charge in [-0.2, -0.15) is 11.8 Å². The van der Waals surface area contributed by atoms with Crippen LogP contribution in [0.4, 0.5) is 0 Å². The number of carbonyl (C=O) groups is 1. The van der Waals surface area contributed by atoms with Gasteiger partial charge in [0.1, 0.15) is 5.71 Å². The molecule has 0 bridgehead atoms. The van der Waals surface area contributed by atoms with Crippen molar-refractivity contribution in [1.29, 1.82) is 0 Å². The molecule has 0 aromatic heterocycles. The molecule has 0 aromatic carbocycles. The van der Waals surface area contributed by atoms with Gasteiger partial charge in [0, 0.05) is 30.3 Å². The minimum absolute atomic E-state index is 0.215. The monoisotopic (exact) mass is 228 g/mol. The summed E-state index contributed by atoms with van der Waals surface area (Å²) in [6.07, 6.45) is 0. The lowest BCUT2D eigenvalue weighted by atomic mass is 10.2. The van der Waals surface area contributed by atoms with Gasteiger partial charge in [-0.15, -0.1) is 11.8 Å². The number of fused-ring (bicyclic) bond motifs is 3. The lowest BCUT2D eigenvalue weighted by Gasteiger charge is -2.31. The molecule has 3 aliphatic heterocycles. The predicted octanol–water partition coefficient (Wildman–Crippen LogP) is 0.500. The number of hydrogen-bond acceptors (Lipinski definition) is 4. The fourth-order valence-electron chi connectivity index (χ4n) is 2.27. The van der Waals surface area contributed by atoms with Gasteiger partial charge in [0.05, 0.1) is 11.3 Å². The number of hydrogen-bond donors (Lipinski definition) is 0. The minimum Gasteiger partial charge on any atom is -0.331 e. The van der Waals surface area contributed by atoms with Gasteiger partial charge < -0.3 is 4.90 Å². The number of thioether (sulfide) groups is 2. The van der Waals surface area contributed by atoms with Crippen molar-refractivity contribution in [1.82, 2.24) is 4.90 Å². The molecule has 0 radical (unpaired) electrons. The smallest absolute Gasteiger partial charge is 0.269 e. The average Bonchev–Trinajstić information content (AvgIpc) is 2.55.